The van der Waals surface area contributed by atoms with Crippen LogP contribution in [0.4, 0.5) is 0 Å². The summed E-state index contributed by atoms with van der Waals surface area (Å²) in [6.45, 7) is 0.754. The molecule has 0 atom stereocenters. The Bertz CT molecular complexity index is 512. The van der Waals surface area contributed by atoms with Crippen LogP contribution in [0.5, 0.6) is 0 Å². The zero-order chi connectivity index (χ0) is 11.7. The van der Waals surface area contributed by atoms with E-state index in [0.717, 1.165) is 6.54 Å². The quantitative estimate of drug-likeness (QED) is 0.881. The highest BCUT2D eigenvalue weighted by Gasteiger charge is 2.34. The van der Waals surface area contributed by atoms with Crippen molar-refractivity contribution in [3.8, 4) is 0 Å². The maximum absolute atomic E-state index is 6.11. The molecule has 2 aromatic rings. The van der Waals surface area contributed by atoms with Gasteiger partial charge in [0.25, 0.3) is 0 Å². The molecule has 2 nitrogen and oxygen atoms in total. The van der Waals surface area contributed by atoms with Gasteiger partial charge in [-0.15, -0.1) is 11.3 Å². The van der Waals surface area contributed by atoms with Gasteiger partial charge in [0.1, 0.15) is 0 Å². The second kappa shape index (κ2) is 4.39. The minimum absolute atomic E-state index is 0.186. The number of para-hydroxylation sites is 1. The van der Waals surface area contributed by atoms with Crippen LogP contribution in [-0.4, -0.2) is 11.5 Å². The highest BCUT2D eigenvalue weighted by Crippen LogP contribution is 2.41. The number of benzene rings is 1. The molecule has 1 saturated carbocycles. The number of aromatic nitrogens is 1. The third kappa shape index (κ3) is 1.78. The Morgan fingerprint density at radius 1 is 1.24 bits per heavy atom. The molecule has 1 aromatic heterocycles. The smallest absolute Gasteiger partial charge is 0.0850 e. The molecule has 1 heterocycles. The SMILES string of the molecule is NCC1(c2cccc3scnc23)CCCCC1. The number of hydrogen-bond donors (Lipinski definition) is 1. The number of nitrogens with two attached hydrogens (primary N) is 1. The Balaban J connectivity index is 2.14. The highest BCUT2D eigenvalue weighted by molar-refractivity contribution is 7.16. The highest BCUT2D eigenvalue weighted by atomic mass is 32.1. The zero-order valence-corrected chi connectivity index (χ0v) is 10.8. The molecule has 0 spiro atoms. The summed E-state index contributed by atoms with van der Waals surface area (Å²) in [5.41, 5.74) is 10.8. The molecule has 0 saturated heterocycles. The lowest BCUT2D eigenvalue weighted by atomic mass is 9.69. The van der Waals surface area contributed by atoms with Gasteiger partial charge in [-0.05, 0) is 24.5 Å². The average Bonchev–Trinajstić information content (AvgIpc) is 2.87. The molecule has 0 amide bonds. The van der Waals surface area contributed by atoms with E-state index in [1.54, 1.807) is 11.3 Å². The molecule has 1 aliphatic carbocycles. The summed E-state index contributed by atoms with van der Waals surface area (Å²) in [5, 5.41) is 0. The lowest BCUT2D eigenvalue weighted by Gasteiger charge is -2.36. The summed E-state index contributed by atoms with van der Waals surface area (Å²) >= 11 is 1.72. The van der Waals surface area contributed by atoms with Gasteiger partial charge < -0.3 is 5.73 Å². The predicted octanol–water partition coefficient (Wildman–Crippen LogP) is 3.46. The van der Waals surface area contributed by atoms with Crippen LogP contribution in [0.1, 0.15) is 37.7 Å². The molecule has 0 unspecified atom stereocenters. The van der Waals surface area contributed by atoms with Crippen molar-refractivity contribution in [2.24, 2.45) is 5.73 Å². The molecule has 1 aliphatic rings. The topological polar surface area (TPSA) is 38.9 Å². The maximum atomic E-state index is 6.11. The molecule has 2 N–H and O–H groups in total. The fourth-order valence-electron chi connectivity index (χ4n) is 3.13. The van der Waals surface area contributed by atoms with Crippen molar-refractivity contribution in [1.82, 2.24) is 4.98 Å². The molecular formula is C14H18N2S. The first kappa shape index (κ1) is 11.2. The van der Waals surface area contributed by atoms with Gasteiger partial charge in [-0.3, -0.25) is 0 Å². The molecule has 0 aliphatic heterocycles. The van der Waals surface area contributed by atoms with Gasteiger partial charge >= 0.3 is 0 Å². The van der Waals surface area contributed by atoms with Gasteiger partial charge in [0, 0.05) is 12.0 Å². The first-order chi connectivity index (χ1) is 8.36. The van der Waals surface area contributed by atoms with E-state index in [9.17, 15) is 0 Å². The van der Waals surface area contributed by atoms with Crippen molar-refractivity contribution < 1.29 is 0 Å². The van der Waals surface area contributed by atoms with E-state index < -0.39 is 0 Å². The van der Waals surface area contributed by atoms with Crippen LogP contribution in [0.25, 0.3) is 10.2 Å². The molecule has 17 heavy (non-hydrogen) atoms. The lowest BCUT2D eigenvalue weighted by molar-refractivity contribution is 0.302. The van der Waals surface area contributed by atoms with Gasteiger partial charge in [0.15, 0.2) is 0 Å². The largest absolute Gasteiger partial charge is 0.330 e. The summed E-state index contributed by atoms with van der Waals surface area (Å²) in [5.74, 6) is 0. The van der Waals surface area contributed by atoms with E-state index in [2.05, 4.69) is 23.2 Å². The van der Waals surface area contributed by atoms with E-state index in [1.807, 2.05) is 5.51 Å². The second-order valence-electron chi connectivity index (χ2n) is 5.05. The van der Waals surface area contributed by atoms with E-state index in [-0.39, 0.29) is 5.41 Å². The Labute approximate surface area is 106 Å². The molecule has 0 radical (unpaired) electrons. The Morgan fingerprint density at radius 2 is 2.06 bits per heavy atom. The summed E-state index contributed by atoms with van der Waals surface area (Å²) in [6.07, 6.45) is 6.41. The predicted molar refractivity (Wildman–Crippen MR) is 73.4 cm³/mol. The fraction of sp³-hybridized carbons (Fsp3) is 0.500. The summed E-state index contributed by atoms with van der Waals surface area (Å²) in [7, 11) is 0. The standard InChI is InChI=1S/C14H18N2S/c15-9-14(7-2-1-3-8-14)11-5-4-6-12-13(11)16-10-17-12/h4-6,10H,1-3,7-9,15H2. The van der Waals surface area contributed by atoms with Crippen LogP contribution in [0, 0.1) is 0 Å². The second-order valence-corrected chi connectivity index (χ2v) is 5.94. The van der Waals surface area contributed by atoms with Gasteiger partial charge in [-0.2, -0.15) is 0 Å². The van der Waals surface area contributed by atoms with Crippen molar-refractivity contribution >= 4 is 21.6 Å². The van der Waals surface area contributed by atoms with Crippen LogP contribution in [0.2, 0.25) is 0 Å². The van der Waals surface area contributed by atoms with E-state index in [4.69, 9.17) is 5.73 Å². The van der Waals surface area contributed by atoms with Crippen molar-refractivity contribution in [2.75, 3.05) is 6.54 Å². The van der Waals surface area contributed by atoms with Crippen molar-refractivity contribution in [3.63, 3.8) is 0 Å². The van der Waals surface area contributed by atoms with Crippen molar-refractivity contribution in [1.29, 1.82) is 0 Å². The average molecular weight is 246 g/mol. The minimum atomic E-state index is 0.186. The van der Waals surface area contributed by atoms with E-state index in [0.29, 0.717) is 0 Å². The van der Waals surface area contributed by atoms with Crippen LogP contribution in [0.3, 0.4) is 0 Å². The number of thiazole rings is 1. The fourth-order valence-corrected chi connectivity index (χ4v) is 3.83. The van der Waals surface area contributed by atoms with Gasteiger partial charge in [-0.1, -0.05) is 31.4 Å². The summed E-state index contributed by atoms with van der Waals surface area (Å²) in [6, 6.07) is 6.55. The van der Waals surface area contributed by atoms with Crippen LogP contribution in [-0.2, 0) is 5.41 Å². The third-order valence-electron chi connectivity index (χ3n) is 4.13. The minimum Gasteiger partial charge on any atom is -0.330 e. The number of hydrogen-bond acceptors (Lipinski definition) is 3. The van der Waals surface area contributed by atoms with Crippen LogP contribution >= 0.6 is 11.3 Å². The third-order valence-corrected chi connectivity index (χ3v) is 4.93. The van der Waals surface area contributed by atoms with Crippen LogP contribution < -0.4 is 5.73 Å². The molecule has 3 rings (SSSR count). The van der Waals surface area contributed by atoms with Gasteiger partial charge in [-0.25, -0.2) is 4.98 Å². The summed E-state index contributed by atoms with van der Waals surface area (Å²) < 4.78 is 1.29. The molecular weight excluding hydrogens is 228 g/mol. The molecule has 90 valence electrons. The first-order valence-electron chi connectivity index (χ1n) is 6.38. The van der Waals surface area contributed by atoms with Gasteiger partial charge in [0.2, 0.25) is 0 Å². The number of rotatable bonds is 2. The van der Waals surface area contributed by atoms with Gasteiger partial charge in [0.05, 0.1) is 15.7 Å². The number of fused-ring (bicyclic) bond motifs is 1. The molecule has 0 bridgehead atoms. The van der Waals surface area contributed by atoms with Crippen molar-refractivity contribution in [3.05, 3.63) is 29.3 Å². The Hall–Kier alpha value is -0.930. The maximum Gasteiger partial charge on any atom is 0.0850 e. The zero-order valence-electron chi connectivity index (χ0n) is 9.98. The molecule has 3 heteroatoms. The first-order valence-corrected chi connectivity index (χ1v) is 7.26. The molecule has 1 aromatic carbocycles. The Morgan fingerprint density at radius 3 is 2.82 bits per heavy atom. The summed E-state index contributed by atoms with van der Waals surface area (Å²) in [4.78, 5) is 4.55. The Kier molecular flexibility index (Phi) is 2.89. The molecule has 1 fully saturated rings. The van der Waals surface area contributed by atoms with E-state index in [1.165, 1.54) is 47.9 Å². The monoisotopic (exact) mass is 246 g/mol. The number of nitrogens with zero attached hydrogens (tertiary/aromatic N) is 1. The van der Waals surface area contributed by atoms with E-state index >= 15 is 0 Å². The van der Waals surface area contributed by atoms with Crippen molar-refractivity contribution in [2.45, 2.75) is 37.5 Å². The normalized spacial score (nSPS) is 19.6. The van der Waals surface area contributed by atoms with Crippen LogP contribution in [0.15, 0.2) is 23.7 Å². The lowest BCUT2D eigenvalue weighted by Crippen LogP contribution is -2.37.